The van der Waals surface area contributed by atoms with Crippen molar-refractivity contribution in [1.29, 1.82) is 0 Å². The second-order valence-corrected chi connectivity index (χ2v) is 4.48. The van der Waals surface area contributed by atoms with Crippen molar-refractivity contribution in [3.63, 3.8) is 0 Å². The summed E-state index contributed by atoms with van der Waals surface area (Å²) >= 11 is 0. The van der Waals surface area contributed by atoms with E-state index in [0.717, 1.165) is 11.3 Å². The number of carbonyl (C=O) groups is 1. The maximum absolute atomic E-state index is 12.7. The first-order valence-corrected chi connectivity index (χ1v) is 6.41. The molecule has 1 N–H and O–H groups in total. The van der Waals surface area contributed by atoms with E-state index in [0.29, 0.717) is 11.4 Å². The van der Waals surface area contributed by atoms with Crippen molar-refractivity contribution in [3.05, 3.63) is 53.8 Å². The summed E-state index contributed by atoms with van der Waals surface area (Å²) in [5.74, 6) is 0.567. The number of rotatable bonds is 5. The van der Waals surface area contributed by atoms with Crippen LogP contribution in [0, 0.1) is 12.7 Å². The fourth-order valence-electron chi connectivity index (χ4n) is 1.83. The first-order chi connectivity index (χ1) is 10.1. The van der Waals surface area contributed by atoms with E-state index in [2.05, 4.69) is 5.32 Å². The summed E-state index contributed by atoms with van der Waals surface area (Å²) in [5.41, 5.74) is 1.59. The predicted molar refractivity (Wildman–Crippen MR) is 78.3 cm³/mol. The van der Waals surface area contributed by atoms with Gasteiger partial charge in [-0.05, 0) is 55.0 Å². The number of halogens is 1. The Morgan fingerprint density at radius 2 is 1.90 bits per heavy atom. The molecular formula is C16H16FNO3. The molecule has 21 heavy (non-hydrogen) atoms. The van der Waals surface area contributed by atoms with Gasteiger partial charge in [0.2, 0.25) is 0 Å². The minimum atomic E-state index is -0.347. The molecule has 0 radical (unpaired) electrons. The van der Waals surface area contributed by atoms with Gasteiger partial charge in [0, 0.05) is 5.69 Å². The lowest BCUT2D eigenvalue weighted by Gasteiger charge is -2.10. The van der Waals surface area contributed by atoms with Gasteiger partial charge in [-0.15, -0.1) is 0 Å². The molecule has 110 valence electrons. The smallest absolute Gasteiger partial charge is 0.262 e. The molecule has 0 fully saturated rings. The van der Waals surface area contributed by atoms with Crippen LogP contribution in [0.2, 0.25) is 0 Å². The molecule has 0 aliphatic rings. The topological polar surface area (TPSA) is 47.6 Å². The third-order valence-corrected chi connectivity index (χ3v) is 2.86. The number of hydrogen-bond acceptors (Lipinski definition) is 3. The van der Waals surface area contributed by atoms with Gasteiger partial charge in [0.25, 0.3) is 5.91 Å². The normalized spacial score (nSPS) is 10.0. The molecule has 4 nitrogen and oxygen atoms in total. The molecule has 0 aliphatic heterocycles. The van der Waals surface area contributed by atoms with Gasteiger partial charge in [-0.2, -0.15) is 0 Å². The van der Waals surface area contributed by atoms with Crippen LogP contribution in [0.1, 0.15) is 5.56 Å². The van der Waals surface area contributed by atoms with Crippen LogP contribution in [-0.4, -0.2) is 19.6 Å². The third-order valence-electron chi connectivity index (χ3n) is 2.86. The highest BCUT2D eigenvalue weighted by atomic mass is 19.1. The molecule has 2 aromatic carbocycles. The molecule has 5 heteroatoms. The Morgan fingerprint density at radius 3 is 2.52 bits per heavy atom. The summed E-state index contributed by atoms with van der Waals surface area (Å²) in [4.78, 5) is 11.8. The summed E-state index contributed by atoms with van der Waals surface area (Å²) in [6.07, 6.45) is 0. The molecule has 0 bridgehead atoms. The Hall–Kier alpha value is -2.56. The number of nitrogens with one attached hydrogen (secondary N) is 1. The van der Waals surface area contributed by atoms with Crippen LogP contribution in [0.4, 0.5) is 10.1 Å². The second kappa shape index (κ2) is 6.74. The molecule has 1 amide bonds. The molecule has 0 unspecified atom stereocenters. The van der Waals surface area contributed by atoms with Gasteiger partial charge in [0.15, 0.2) is 6.61 Å². The summed E-state index contributed by atoms with van der Waals surface area (Å²) in [6, 6.07) is 10.8. The quantitative estimate of drug-likeness (QED) is 0.919. The highest BCUT2D eigenvalue weighted by Crippen LogP contribution is 2.21. The van der Waals surface area contributed by atoms with E-state index in [9.17, 15) is 9.18 Å². The molecule has 0 aliphatic carbocycles. The number of ether oxygens (including phenoxy) is 2. The van der Waals surface area contributed by atoms with Crippen molar-refractivity contribution >= 4 is 11.6 Å². The van der Waals surface area contributed by atoms with Gasteiger partial charge in [-0.25, -0.2) is 4.39 Å². The van der Waals surface area contributed by atoms with Crippen molar-refractivity contribution in [2.45, 2.75) is 6.92 Å². The Balaban J connectivity index is 1.89. The number of carbonyl (C=O) groups excluding carboxylic acids is 1. The van der Waals surface area contributed by atoms with E-state index in [-0.39, 0.29) is 18.3 Å². The third kappa shape index (κ3) is 4.21. The minimum Gasteiger partial charge on any atom is -0.496 e. The maximum Gasteiger partial charge on any atom is 0.262 e. The molecule has 0 aromatic heterocycles. The minimum absolute atomic E-state index is 0.142. The fraction of sp³-hybridized carbons (Fsp3) is 0.188. The summed E-state index contributed by atoms with van der Waals surface area (Å²) in [7, 11) is 1.59. The fourth-order valence-corrected chi connectivity index (χ4v) is 1.83. The number of anilines is 1. The molecule has 2 rings (SSSR count). The summed E-state index contributed by atoms with van der Waals surface area (Å²) in [6.45, 7) is 1.75. The van der Waals surface area contributed by atoms with Crippen LogP contribution in [0.3, 0.4) is 0 Å². The molecule has 0 spiro atoms. The van der Waals surface area contributed by atoms with Gasteiger partial charge >= 0.3 is 0 Å². The van der Waals surface area contributed by atoms with Gasteiger partial charge in [-0.1, -0.05) is 0 Å². The van der Waals surface area contributed by atoms with Crippen molar-refractivity contribution in [3.8, 4) is 11.5 Å². The molecule has 2 aromatic rings. The van der Waals surface area contributed by atoms with Crippen molar-refractivity contribution < 1.29 is 18.7 Å². The van der Waals surface area contributed by atoms with E-state index < -0.39 is 0 Å². The summed E-state index contributed by atoms with van der Waals surface area (Å²) in [5, 5.41) is 2.72. The van der Waals surface area contributed by atoms with Gasteiger partial charge in [0.05, 0.1) is 7.11 Å². The van der Waals surface area contributed by atoms with Gasteiger partial charge in [-0.3, -0.25) is 4.79 Å². The van der Waals surface area contributed by atoms with Crippen molar-refractivity contribution in [2.24, 2.45) is 0 Å². The van der Waals surface area contributed by atoms with E-state index >= 15 is 0 Å². The van der Waals surface area contributed by atoms with Crippen molar-refractivity contribution in [1.82, 2.24) is 0 Å². The van der Waals surface area contributed by atoms with Crippen molar-refractivity contribution in [2.75, 3.05) is 19.0 Å². The van der Waals surface area contributed by atoms with Gasteiger partial charge in [0.1, 0.15) is 17.3 Å². The maximum atomic E-state index is 12.7. The largest absolute Gasteiger partial charge is 0.496 e. The molecule has 0 atom stereocenters. The Kier molecular flexibility index (Phi) is 4.77. The highest BCUT2D eigenvalue weighted by Gasteiger charge is 2.06. The predicted octanol–water partition coefficient (Wildman–Crippen LogP) is 3.16. The Morgan fingerprint density at radius 1 is 1.19 bits per heavy atom. The van der Waals surface area contributed by atoms with Crippen LogP contribution in [0.5, 0.6) is 11.5 Å². The Bertz CT molecular complexity index is 626. The zero-order valence-corrected chi connectivity index (χ0v) is 11.9. The highest BCUT2D eigenvalue weighted by molar-refractivity contribution is 5.92. The number of aryl methyl sites for hydroxylation is 1. The lowest BCUT2D eigenvalue weighted by atomic mass is 10.2. The summed E-state index contributed by atoms with van der Waals surface area (Å²) < 4.78 is 23.1. The standard InChI is InChI=1S/C16H16FNO3/c1-11-9-13(5-8-15(11)20-2)18-16(19)10-21-14-6-3-12(17)4-7-14/h3-9H,10H2,1-2H3,(H,18,19). The zero-order valence-electron chi connectivity index (χ0n) is 11.9. The molecule has 0 heterocycles. The second-order valence-electron chi connectivity index (χ2n) is 4.48. The number of benzene rings is 2. The van der Waals surface area contributed by atoms with E-state index in [4.69, 9.17) is 9.47 Å². The van der Waals surface area contributed by atoms with Gasteiger partial charge < -0.3 is 14.8 Å². The van der Waals surface area contributed by atoms with E-state index in [1.165, 1.54) is 24.3 Å². The van der Waals surface area contributed by atoms with Crippen LogP contribution in [-0.2, 0) is 4.79 Å². The monoisotopic (exact) mass is 289 g/mol. The first-order valence-electron chi connectivity index (χ1n) is 6.41. The number of methoxy groups -OCH3 is 1. The van der Waals surface area contributed by atoms with Crippen LogP contribution >= 0.6 is 0 Å². The lowest BCUT2D eigenvalue weighted by Crippen LogP contribution is -2.20. The first kappa shape index (κ1) is 14.8. The van der Waals surface area contributed by atoms with Crippen LogP contribution in [0.25, 0.3) is 0 Å². The van der Waals surface area contributed by atoms with Crippen LogP contribution in [0.15, 0.2) is 42.5 Å². The average molecular weight is 289 g/mol. The average Bonchev–Trinajstić information content (AvgIpc) is 2.47. The van der Waals surface area contributed by atoms with E-state index in [1.807, 2.05) is 13.0 Å². The molecule has 0 saturated heterocycles. The van der Waals surface area contributed by atoms with Crippen LogP contribution < -0.4 is 14.8 Å². The Labute approximate surface area is 122 Å². The number of hydrogen-bond donors (Lipinski definition) is 1. The SMILES string of the molecule is COc1ccc(NC(=O)COc2ccc(F)cc2)cc1C. The number of amides is 1. The molecule has 0 saturated carbocycles. The lowest BCUT2D eigenvalue weighted by molar-refractivity contribution is -0.118. The zero-order chi connectivity index (χ0) is 15.2. The van der Waals surface area contributed by atoms with E-state index in [1.54, 1.807) is 19.2 Å². The molecular weight excluding hydrogens is 273 g/mol.